The van der Waals surface area contributed by atoms with Crippen molar-refractivity contribution in [2.45, 2.75) is 33.3 Å². The van der Waals surface area contributed by atoms with Gasteiger partial charge in [-0.1, -0.05) is 26.0 Å². The van der Waals surface area contributed by atoms with Gasteiger partial charge in [0, 0.05) is 0 Å². The van der Waals surface area contributed by atoms with Crippen LogP contribution in [0.25, 0.3) is 0 Å². The molecule has 0 bridgehead atoms. The zero-order valence-electron chi connectivity index (χ0n) is 13.8. The fourth-order valence-corrected chi connectivity index (χ4v) is 2.16. The summed E-state index contributed by atoms with van der Waals surface area (Å²) < 4.78 is 9.72. The van der Waals surface area contributed by atoms with Gasteiger partial charge in [-0.15, -0.1) is 0 Å². The third kappa shape index (κ3) is 7.65. The molecule has 0 saturated heterocycles. The van der Waals surface area contributed by atoms with Crippen LogP contribution in [0.5, 0.6) is 0 Å². The number of carbonyl (C=O) groups excluding carboxylic acids is 1. The van der Waals surface area contributed by atoms with E-state index in [1.165, 1.54) is 0 Å². The number of unbranched alkanes of at least 4 members (excludes halogenated alkanes) is 1. The Kier molecular flexibility index (Phi) is 8.75. The van der Waals surface area contributed by atoms with Crippen molar-refractivity contribution in [2.24, 2.45) is 0 Å². The summed E-state index contributed by atoms with van der Waals surface area (Å²) in [6.45, 7) is 7.63. The van der Waals surface area contributed by atoms with Crippen LogP contribution in [0.2, 0.25) is 0 Å². The van der Waals surface area contributed by atoms with Gasteiger partial charge < -0.3 is 19.5 Å². The van der Waals surface area contributed by atoms with E-state index in [2.05, 4.69) is 23.5 Å². The number of esters is 1. The Morgan fingerprint density at radius 1 is 1.13 bits per heavy atom. The largest absolute Gasteiger partial charge is 0.506 e. The van der Waals surface area contributed by atoms with Crippen LogP contribution in [0.1, 0.15) is 42.6 Å². The summed E-state index contributed by atoms with van der Waals surface area (Å²) in [6.07, 6.45) is 0.470. The number of hydrogen-bond acceptors (Lipinski definition) is 5. The van der Waals surface area contributed by atoms with Gasteiger partial charge in [-0.2, -0.15) is 0 Å². The number of ether oxygens (including phenoxy) is 2. The first-order valence-electron chi connectivity index (χ1n) is 7.91. The van der Waals surface area contributed by atoms with E-state index in [9.17, 15) is 9.59 Å². The molecule has 0 aromatic heterocycles. The van der Waals surface area contributed by atoms with E-state index in [4.69, 9.17) is 9.84 Å². The Balaban J connectivity index is 2.34. The average molecular weight is 323 g/mol. The first kappa shape index (κ1) is 19.0. The second-order valence-electron chi connectivity index (χ2n) is 5.12. The second-order valence-corrected chi connectivity index (χ2v) is 5.12. The second kappa shape index (κ2) is 10.6. The van der Waals surface area contributed by atoms with Crippen molar-refractivity contribution >= 4 is 12.1 Å². The topological polar surface area (TPSA) is 76.1 Å². The predicted molar refractivity (Wildman–Crippen MR) is 86.6 cm³/mol. The highest BCUT2D eigenvalue weighted by Gasteiger charge is 2.09. The molecule has 1 N–H and O–H groups in total. The Morgan fingerprint density at radius 2 is 1.87 bits per heavy atom. The van der Waals surface area contributed by atoms with Crippen LogP contribution < -0.4 is 0 Å². The van der Waals surface area contributed by atoms with Crippen LogP contribution in [-0.4, -0.2) is 48.4 Å². The molecule has 0 aliphatic rings. The van der Waals surface area contributed by atoms with Gasteiger partial charge in [-0.25, -0.2) is 9.59 Å². The van der Waals surface area contributed by atoms with Crippen molar-refractivity contribution in [1.29, 1.82) is 0 Å². The SMILES string of the molecule is CCN(CC)CCCCOC(=O)c1cccc(COC(=O)O)c1. The van der Waals surface area contributed by atoms with Crippen molar-refractivity contribution < 1.29 is 24.2 Å². The van der Waals surface area contributed by atoms with E-state index < -0.39 is 12.1 Å². The molecular weight excluding hydrogens is 298 g/mol. The molecule has 0 saturated carbocycles. The maximum absolute atomic E-state index is 12.0. The van der Waals surface area contributed by atoms with Gasteiger partial charge in [0.05, 0.1) is 12.2 Å². The number of carboxylic acid groups (broad SMARTS) is 1. The van der Waals surface area contributed by atoms with Crippen molar-refractivity contribution in [3.63, 3.8) is 0 Å². The van der Waals surface area contributed by atoms with Crippen molar-refractivity contribution in [3.8, 4) is 0 Å². The van der Waals surface area contributed by atoms with Crippen LogP contribution >= 0.6 is 0 Å². The van der Waals surface area contributed by atoms with Gasteiger partial charge in [0.15, 0.2) is 0 Å². The Labute approximate surface area is 137 Å². The fraction of sp³-hybridized carbons (Fsp3) is 0.529. The number of rotatable bonds is 10. The molecule has 0 spiro atoms. The summed E-state index contributed by atoms with van der Waals surface area (Å²) in [5, 5.41) is 8.48. The lowest BCUT2D eigenvalue weighted by molar-refractivity contribution is 0.0495. The minimum absolute atomic E-state index is 0.0830. The molecular formula is C17H25NO5. The summed E-state index contributed by atoms with van der Waals surface area (Å²) in [6, 6.07) is 6.60. The smallest absolute Gasteiger partial charge is 0.462 e. The monoisotopic (exact) mass is 323 g/mol. The standard InChI is InChI=1S/C17H25NO5/c1-3-18(4-2)10-5-6-11-22-16(19)15-9-7-8-14(12-15)13-23-17(20)21/h7-9,12H,3-6,10-11,13H2,1-2H3,(H,20,21). The maximum Gasteiger partial charge on any atom is 0.506 e. The van der Waals surface area contributed by atoms with E-state index in [1.54, 1.807) is 24.3 Å². The molecule has 0 amide bonds. The molecule has 128 valence electrons. The van der Waals surface area contributed by atoms with Crippen LogP contribution in [-0.2, 0) is 16.1 Å². The fourth-order valence-electron chi connectivity index (χ4n) is 2.16. The van der Waals surface area contributed by atoms with Crippen LogP contribution in [0.15, 0.2) is 24.3 Å². The van der Waals surface area contributed by atoms with E-state index >= 15 is 0 Å². The van der Waals surface area contributed by atoms with Gasteiger partial charge in [0.2, 0.25) is 0 Å². The third-order valence-electron chi connectivity index (χ3n) is 3.52. The number of carbonyl (C=O) groups is 2. The van der Waals surface area contributed by atoms with Gasteiger partial charge in [-0.3, -0.25) is 0 Å². The molecule has 0 radical (unpaired) electrons. The molecule has 0 fully saturated rings. The van der Waals surface area contributed by atoms with Crippen molar-refractivity contribution in [3.05, 3.63) is 35.4 Å². The summed E-state index contributed by atoms with van der Waals surface area (Å²) in [7, 11) is 0. The van der Waals surface area contributed by atoms with E-state index in [1.807, 2.05) is 0 Å². The minimum atomic E-state index is -1.34. The van der Waals surface area contributed by atoms with Crippen LogP contribution in [0.3, 0.4) is 0 Å². The molecule has 0 heterocycles. The molecule has 1 aromatic rings. The molecule has 0 aliphatic heterocycles. The summed E-state index contributed by atoms with van der Waals surface area (Å²) in [5.74, 6) is -0.398. The van der Waals surface area contributed by atoms with E-state index in [-0.39, 0.29) is 6.61 Å². The van der Waals surface area contributed by atoms with Gasteiger partial charge in [0.25, 0.3) is 0 Å². The molecule has 0 aliphatic carbocycles. The summed E-state index contributed by atoms with van der Waals surface area (Å²) >= 11 is 0. The molecule has 1 rings (SSSR count). The minimum Gasteiger partial charge on any atom is -0.462 e. The zero-order valence-corrected chi connectivity index (χ0v) is 13.8. The average Bonchev–Trinajstić information content (AvgIpc) is 2.56. The predicted octanol–water partition coefficient (Wildman–Crippen LogP) is 3.16. The highest BCUT2D eigenvalue weighted by atomic mass is 16.7. The molecule has 0 unspecified atom stereocenters. The maximum atomic E-state index is 12.0. The van der Waals surface area contributed by atoms with Crippen LogP contribution in [0, 0.1) is 0 Å². The number of benzene rings is 1. The third-order valence-corrected chi connectivity index (χ3v) is 3.52. The zero-order chi connectivity index (χ0) is 17.1. The molecule has 23 heavy (non-hydrogen) atoms. The molecule has 0 atom stereocenters. The Morgan fingerprint density at radius 3 is 2.52 bits per heavy atom. The van der Waals surface area contributed by atoms with Crippen LogP contribution in [0.4, 0.5) is 4.79 Å². The van der Waals surface area contributed by atoms with Gasteiger partial charge in [-0.05, 0) is 50.2 Å². The molecule has 1 aromatic carbocycles. The first-order chi connectivity index (χ1) is 11.1. The van der Waals surface area contributed by atoms with E-state index in [0.29, 0.717) is 17.7 Å². The van der Waals surface area contributed by atoms with Gasteiger partial charge >= 0.3 is 12.1 Å². The lowest BCUT2D eigenvalue weighted by atomic mass is 10.1. The number of hydrogen-bond donors (Lipinski definition) is 1. The lowest BCUT2D eigenvalue weighted by Crippen LogP contribution is -2.24. The summed E-state index contributed by atoms with van der Waals surface area (Å²) in [5.41, 5.74) is 1.02. The Hall–Kier alpha value is -2.08. The van der Waals surface area contributed by atoms with E-state index in [0.717, 1.165) is 32.5 Å². The number of nitrogens with zero attached hydrogens (tertiary/aromatic N) is 1. The quantitative estimate of drug-likeness (QED) is 0.526. The summed E-state index contributed by atoms with van der Waals surface area (Å²) in [4.78, 5) is 24.7. The lowest BCUT2D eigenvalue weighted by Gasteiger charge is -2.17. The highest BCUT2D eigenvalue weighted by molar-refractivity contribution is 5.89. The Bertz CT molecular complexity index is 500. The van der Waals surface area contributed by atoms with Crippen molar-refractivity contribution in [1.82, 2.24) is 4.90 Å². The normalized spacial score (nSPS) is 10.6. The van der Waals surface area contributed by atoms with Crippen molar-refractivity contribution in [2.75, 3.05) is 26.2 Å². The van der Waals surface area contributed by atoms with Gasteiger partial charge in [0.1, 0.15) is 6.61 Å². The highest BCUT2D eigenvalue weighted by Crippen LogP contribution is 2.09. The first-order valence-corrected chi connectivity index (χ1v) is 7.91. The molecule has 6 nitrogen and oxygen atoms in total. The molecule has 6 heteroatoms.